The van der Waals surface area contributed by atoms with Gasteiger partial charge in [0.05, 0.1) is 49.2 Å². The molecule has 5 heterocycles. The molecule has 3 aliphatic rings. The van der Waals surface area contributed by atoms with Crippen LogP contribution < -0.4 is 15.4 Å². The number of hydrogen-bond donors (Lipinski definition) is 4. The number of amides is 4. The Bertz CT molecular complexity index is 2440. The third kappa shape index (κ3) is 7.87. The lowest BCUT2D eigenvalue weighted by molar-refractivity contribution is -0.136. The number of hydrogen-bond acceptors (Lipinski definition) is 9. The van der Waals surface area contributed by atoms with E-state index in [2.05, 4.69) is 50.9 Å². The monoisotopic (exact) mass is 816 g/mol. The van der Waals surface area contributed by atoms with Gasteiger partial charge in [0.15, 0.2) is 0 Å². The van der Waals surface area contributed by atoms with E-state index in [0.717, 1.165) is 87.6 Å². The molecule has 15 nitrogen and oxygen atoms in total. The molecule has 60 heavy (non-hydrogen) atoms. The number of alkyl carbamates (subject to hydrolysis) is 2. The van der Waals surface area contributed by atoms with E-state index in [4.69, 9.17) is 24.2 Å². The summed E-state index contributed by atoms with van der Waals surface area (Å²) in [5, 5.41) is 5.41. The lowest BCUT2D eigenvalue weighted by Gasteiger charge is -2.30. The Morgan fingerprint density at radius 2 is 1.32 bits per heavy atom. The number of methoxy groups -OCH3 is 2. The Balaban J connectivity index is 0.961. The van der Waals surface area contributed by atoms with Crippen LogP contribution in [0.5, 0.6) is 11.5 Å². The van der Waals surface area contributed by atoms with Crippen LogP contribution in [0.3, 0.4) is 0 Å². The van der Waals surface area contributed by atoms with Crippen LogP contribution >= 0.6 is 0 Å². The Hall–Kier alpha value is -6.38. The molecule has 0 aliphatic carbocycles. The maximum atomic E-state index is 13.7. The number of aromatic nitrogens is 4. The van der Waals surface area contributed by atoms with E-state index < -0.39 is 24.3 Å². The number of H-pyrrole nitrogens is 2. The Kier molecular flexibility index (Phi) is 11.2. The minimum Gasteiger partial charge on any atom is -0.457 e. The topological polar surface area (TPSA) is 184 Å². The number of rotatable bonds is 10. The highest BCUT2D eigenvalue weighted by molar-refractivity contribution is 5.88. The molecule has 0 unspecified atom stereocenters. The summed E-state index contributed by atoms with van der Waals surface area (Å²) in [7, 11) is 2.58. The summed E-state index contributed by atoms with van der Waals surface area (Å²) in [5.41, 5.74) is 7.64. The maximum absolute atomic E-state index is 13.7. The number of benzene rings is 3. The molecule has 4 N–H and O–H groups in total. The second-order valence-electron chi connectivity index (χ2n) is 16.6. The van der Waals surface area contributed by atoms with Gasteiger partial charge >= 0.3 is 12.2 Å². The van der Waals surface area contributed by atoms with Crippen molar-refractivity contribution in [3.05, 3.63) is 83.6 Å². The maximum Gasteiger partial charge on any atom is 0.407 e. The molecule has 5 aromatic rings. The largest absolute Gasteiger partial charge is 0.457 e. The first-order chi connectivity index (χ1) is 28.9. The molecule has 3 aliphatic heterocycles. The SMILES string of the molecule is COC(=O)N[C@H](C(=O)N1CCC[C@H]1c1ncc(-c2ccc3c(c2)Cc2ccc(-c4ccc5nc([C@@H]6CCCN6C(=O)[C@@H](NC(=O)OC)C(C)C)[nH]c5c4)cc2O3)[nH]1)C(C)C. The standard InChI is InChI=1S/C45H52N8O7/c1-24(2)38(50-44(56)58-5)42(54)52-17-7-9-34(52)40-46-23-33(49-40)28-14-16-36-30(19-28)20-29-12-11-27(22-37(29)60-36)26-13-15-31-32(21-26)48-41(47-31)35-10-8-18-53(35)43(55)39(25(3)4)51-45(57)59-6/h11-16,19,21-25,34-35,38-39H,7-10,17-18,20H2,1-6H3,(H,46,49)(H,47,48)(H,50,56)(H,51,57)/t34-,35-,38-,39-/m0/s1. The van der Waals surface area contributed by atoms with Crippen molar-refractivity contribution in [2.24, 2.45) is 11.8 Å². The first-order valence-corrected chi connectivity index (χ1v) is 20.7. The molecule has 2 saturated heterocycles. The lowest BCUT2D eigenvalue weighted by atomic mass is 9.95. The summed E-state index contributed by atoms with van der Waals surface area (Å²) in [5.74, 6) is 2.52. The van der Waals surface area contributed by atoms with Crippen molar-refractivity contribution in [1.82, 2.24) is 40.4 Å². The van der Waals surface area contributed by atoms with Gasteiger partial charge < -0.3 is 44.6 Å². The van der Waals surface area contributed by atoms with Gasteiger partial charge in [0, 0.05) is 25.1 Å². The van der Waals surface area contributed by atoms with Crippen LogP contribution in [-0.2, 0) is 25.5 Å². The zero-order valence-corrected chi connectivity index (χ0v) is 34.8. The fourth-order valence-electron chi connectivity index (χ4n) is 8.69. The molecule has 0 saturated carbocycles. The van der Waals surface area contributed by atoms with Gasteiger partial charge in [-0.15, -0.1) is 0 Å². The van der Waals surface area contributed by atoms with Crippen molar-refractivity contribution >= 4 is 35.0 Å². The molecule has 0 spiro atoms. The minimum atomic E-state index is -0.699. The zero-order valence-electron chi connectivity index (χ0n) is 34.8. The second-order valence-corrected chi connectivity index (χ2v) is 16.6. The van der Waals surface area contributed by atoms with E-state index in [-0.39, 0.29) is 35.7 Å². The molecule has 0 radical (unpaired) electrons. The summed E-state index contributed by atoms with van der Waals surface area (Å²) < 4.78 is 16.0. The highest BCUT2D eigenvalue weighted by Gasteiger charge is 2.39. The quantitative estimate of drug-likeness (QED) is 0.109. The predicted molar refractivity (Wildman–Crippen MR) is 224 cm³/mol. The van der Waals surface area contributed by atoms with Gasteiger partial charge in [0.25, 0.3) is 0 Å². The first-order valence-electron chi connectivity index (χ1n) is 20.7. The molecule has 314 valence electrons. The number of likely N-dealkylation sites (tertiary alicyclic amines) is 2. The fourth-order valence-corrected chi connectivity index (χ4v) is 8.69. The number of carbonyl (C=O) groups is 4. The molecule has 4 amide bonds. The molecule has 2 fully saturated rings. The summed E-state index contributed by atoms with van der Waals surface area (Å²) in [4.78, 5) is 71.5. The van der Waals surface area contributed by atoms with Gasteiger partial charge in [0.2, 0.25) is 11.8 Å². The number of aromatic amines is 2. The Morgan fingerprint density at radius 1 is 0.717 bits per heavy atom. The molecule has 8 rings (SSSR count). The van der Waals surface area contributed by atoms with Crippen LogP contribution in [0.2, 0.25) is 0 Å². The Labute approximate surface area is 348 Å². The normalized spacial score (nSPS) is 18.2. The summed E-state index contributed by atoms with van der Waals surface area (Å²) in [6.07, 6.45) is 4.48. The molecular weight excluding hydrogens is 765 g/mol. The lowest BCUT2D eigenvalue weighted by Crippen LogP contribution is -2.51. The van der Waals surface area contributed by atoms with E-state index >= 15 is 0 Å². The van der Waals surface area contributed by atoms with Gasteiger partial charge in [-0.25, -0.2) is 19.6 Å². The summed E-state index contributed by atoms with van der Waals surface area (Å²) >= 11 is 0. The third-order valence-corrected chi connectivity index (χ3v) is 12.0. The van der Waals surface area contributed by atoms with Crippen LogP contribution in [0.25, 0.3) is 33.4 Å². The van der Waals surface area contributed by atoms with Gasteiger partial charge in [-0.1, -0.05) is 45.9 Å². The number of ether oxygens (including phenoxy) is 3. The van der Waals surface area contributed by atoms with Gasteiger partial charge in [-0.2, -0.15) is 0 Å². The molecule has 4 atom stereocenters. The summed E-state index contributed by atoms with van der Waals surface area (Å²) in [6, 6.07) is 16.7. The number of fused-ring (bicyclic) bond motifs is 3. The van der Waals surface area contributed by atoms with Gasteiger partial charge in [0.1, 0.15) is 35.2 Å². The number of nitrogens with one attached hydrogen (secondary N) is 4. The Morgan fingerprint density at radius 3 is 1.95 bits per heavy atom. The average Bonchev–Trinajstić information content (AvgIpc) is 4.09. The van der Waals surface area contributed by atoms with Crippen LogP contribution in [-0.4, -0.2) is 93.1 Å². The van der Waals surface area contributed by atoms with E-state index in [1.54, 1.807) is 0 Å². The van der Waals surface area contributed by atoms with Crippen LogP contribution in [0.1, 0.15) is 88.2 Å². The zero-order chi connectivity index (χ0) is 42.2. The van der Waals surface area contributed by atoms with Gasteiger partial charge in [-0.3, -0.25) is 9.59 Å². The van der Waals surface area contributed by atoms with Crippen LogP contribution in [0.15, 0.2) is 60.8 Å². The number of carbonyl (C=O) groups excluding carboxylic acids is 4. The van der Waals surface area contributed by atoms with Crippen LogP contribution in [0.4, 0.5) is 9.59 Å². The third-order valence-electron chi connectivity index (χ3n) is 12.0. The molecule has 2 aromatic heterocycles. The predicted octanol–water partition coefficient (Wildman–Crippen LogP) is 7.40. The van der Waals surface area contributed by atoms with E-state index in [1.807, 2.05) is 68.0 Å². The molecule has 3 aromatic carbocycles. The van der Waals surface area contributed by atoms with Crippen molar-refractivity contribution in [2.45, 2.75) is 84.0 Å². The van der Waals surface area contributed by atoms with Gasteiger partial charge in [-0.05, 0) is 96.2 Å². The molecule has 0 bridgehead atoms. The first kappa shape index (κ1) is 40.4. The van der Waals surface area contributed by atoms with Crippen molar-refractivity contribution in [1.29, 1.82) is 0 Å². The smallest absolute Gasteiger partial charge is 0.407 e. The van der Waals surface area contributed by atoms with E-state index in [0.29, 0.717) is 25.3 Å². The minimum absolute atomic E-state index is 0.113. The highest BCUT2D eigenvalue weighted by Crippen LogP contribution is 2.41. The highest BCUT2D eigenvalue weighted by atomic mass is 16.5. The van der Waals surface area contributed by atoms with Crippen molar-refractivity contribution in [2.75, 3.05) is 27.3 Å². The number of nitrogens with zero attached hydrogens (tertiary/aromatic N) is 4. The number of imidazole rings is 2. The van der Waals surface area contributed by atoms with Crippen molar-refractivity contribution < 1.29 is 33.4 Å². The van der Waals surface area contributed by atoms with Crippen molar-refractivity contribution in [3.8, 4) is 33.9 Å². The average molecular weight is 817 g/mol. The van der Waals surface area contributed by atoms with Crippen molar-refractivity contribution in [3.63, 3.8) is 0 Å². The molecule has 15 heteroatoms. The second kappa shape index (κ2) is 16.7. The van der Waals surface area contributed by atoms with Crippen LogP contribution in [0, 0.1) is 11.8 Å². The summed E-state index contributed by atoms with van der Waals surface area (Å²) in [6.45, 7) is 8.78. The van der Waals surface area contributed by atoms with E-state index in [9.17, 15) is 19.2 Å². The fraction of sp³-hybridized carbons (Fsp3) is 0.422. The molecular formula is C45H52N8O7. The van der Waals surface area contributed by atoms with E-state index in [1.165, 1.54) is 14.2 Å².